The van der Waals surface area contributed by atoms with Gasteiger partial charge in [-0.2, -0.15) is 10.5 Å². The summed E-state index contributed by atoms with van der Waals surface area (Å²) in [5.41, 5.74) is 0.239. The van der Waals surface area contributed by atoms with Gasteiger partial charge >= 0.3 is 17.9 Å². The fraction of sp³-hybridized carbons (Fsp3) is 0.595. The Hall–Kier alpha value is -11.0. The van der Waals surface area contributed by atoms with Gasteiger partial charge in [0.25, 0.3) is 23.7 Å². The average Bonchev–Trinajstić information content (AvgIpc) is 0.987. The summed E-state index contributed by atoms with van der Waals surface area (Å²) < 4.78 is 67.9. The standard InChI is InChI=1S/C79H104F4N18O17/c1-93(43-66(103)88-23-7-9-31-117-56-12-14-62-60(33-56)58(18-25-86-62)74(114)90-39-69(106)100-50-78(80,81)35-54(100)37-84)52-20-27-98(41-52)68(105)17-16-64(92-65(102)11-5-4-6-22-77(95(3)45-71(108)109)48-96(46-72(110)111)29-30-97(49-77)47-73(112)113)76(116)99-28-21-53(42-99)94(2)44-67(104)89-24-8-10-32-118-57-13-15-63-61(34-57)59(19-26-87-63)75(115)91-40-70(107)101-51-79(82,83)36-55(101)38-85/h12-15,18-19,25-26,33-34,52-55,64H,4-11,16-17,20-24,27-32,35-36,39-51H2,1-3H3,(H,88,103)(H,89,104)(H,90,114)(H,91,115)(H,92,102)(H,108,109)(H,110,111)(H,112,113)/t52-,53-,54+,55+,64+/m1/s1. The van der Waals surface area contributed by atoms with Gasteiger partial charge in [-0.25, -0.2) is 17.6 Å². The molecular weight excluding hydrogens is 1550 g/mol. The second-order valence-electron chi connectivity index (χ2n) is 30.9. The number of carbonyl (C=O) groups is 12. The fourth-order valence-corrected chi connectivity index (χ4v) is 15.7. The van der Waals surface area contributed by atoms with E-state index in [2.05, 4.69) is 36.6 Å². The summed E-state index contributed by atoms with van der Waals surface area (Å²) in [5, 5.41) is 62.4. The van der Waals surface area contributed by atoms with E-state index in [0.717, 1.165) is 9.80 Å². The number of unbranched alkanes of at least 4 members (excludes halogenated alkanes) is 4. The number of benzene rings is 2. The second kappa shape index (κ2) is 42.4. The first-order chi connectivity index (χ1) is 56.2. The number of aliphatic carboxylic acids is 3. The number of rotatable bonds is 42. The molecule has 4 aromatic rings. The van der Waals surface area contributed by atoms with Crippen molar-refractivity contribution in [2.24, 2.45) is 0 Å². The third-order valence-electron chi connectivity index (χ3n) is 22.0. The van der Waals surface area contributed by atoms with E-state index in [1.165, 1.54) is 24.5 Å². The number of nitrogens with one attached hydrogen (secondary N) is 5. The van der Waals surface area contributed by atoms with Crippen molar-refractivity contribution in [1.82, 2.24) is 80.7 Å². The number of pyridine rings is 2. The summed E-state index contributed by atoms with van der Waals surface area (Å²) in [6.07, 6.45) is 5.81. The number of hydrogen-bond acceptors (Lipinski definition) is 23. The largest absolute Gasteiger partial charge is 0.494 e. The van der Waals surface area contributed by atoms with Crippen LogP contribution >= 0.6 is 0 Å². The monoisotopic (exact) mass is 1650 g/mol. The van der Waals surface area contributed by atoms with E-state index >= 15 is 0 Å². The van der Waals surface area contributed by atoms with Gasteiger partial charge in [0.2, 0.25) is 41.4 Å². The molecule has 8 N–H and O–H groups in total. The number of carbonyl (C=O) groups excluding carboxylic acids is 9. The van der Waals surface area contributed by atoms with E-state index < -0.39 is 134 Å². The maximum absolute atomic E-state index is 14.7. The summed E-state index contributed by atoms with van der Waals surface area (Å²) in [4.78, 5) is 179. The number of carboxylic acids is 3. The molecule has 5 aliphatic heterocycles. The maximum Gasteiger partial charge on any atom is 0.317 e. The first-order valence-electron chi connectivity index (χ1n) is 39.6. The van der Waals surface area contributed by atoms with E-state index in [1.54, 1.807) is 94.2 Å². The van der Waals surface area contributed by atoms with Gasteiger partial charge in [0.15, 0.2) is 0 Å². The zero-order valence-electron chi connectivity index (χ0n) is 66.5. The van der Waals surface area contributed by atoms with E-state index in [1.807, 2.05) is 9.80 Å². The molecule has 9 rings (SSSR count). The number of nitrogens with zero attached hydrogens (tertiary/aromatic N) is 13. The van der Waals surface area contributed by atoms with E-state index in [0.29, 0.717) is 124 Å². The van der Waals surface area contributed by atoms with Crippen molar-refractivity contribution in [2.45, 2.75) is 144 Å². The quantitative estimate of drug-likeness (QED) is 0.0232. The topological polar surface area (TPSA) is 447 Å². The van der Waals surface area contributed by atoms with Crippen LogP contribution in [0.3, 0.4) is 0 Å². The van der Waals surface area contributed by atoms with Gasteiger partial charge in [-0.05, 0) is 127 Å². The first-order valence-corrected chi connectivity index (χ1v) is 39.6. The number of likely N-dealkylation sites (tertiary alicyclic amines) is 4. The fourth-order valence-electron chi connectivity index (χ4n) is 15.7. The van der Waals surface area contributed by atoms with Crippen molar-refractivity contribution < 1.29 is 99.9 Å². The molecule has 9 amide bonds. The lowest BCUT2D eigenvalue weighted by molar-refractivity contribution is -0.142. The van der Waals surface area contributed by atoms with Gasteiger partial charge < -0.3 is 71.0 Å². The highest BCUT2D eigenvalue weighted by Gasteiger charge is 2.49. The highest BCUT2D eigenvalue weighted by Crippen LogP contribution is 2.35. The molecular formula is C79H104F4N18O17. The highest BCUT2D eigenvalue weighted by atomic mass is 19.3. The third-order valence-corrected chi connectivity index (χ3v) is 22.0. The molecule has 0 saturated carbocycles. The van der Waals surface area contributed by atoms with Crippen LogP contribution in [0.2, 0.25) is 0 Å². The normalized spacial score (nSPS) is 19.3. The average molecular weight is 1650 g/mol. The lowest BCUT2D eigenvalue weighted by Gasteiger charge is -2.44. The smallest absolute Gasteiger partial charge is 0.317 e. The van der Waals surface area contributed by atoms with Crippen molar-refractivity contribution in [3.05, 3.63) is 72.1 Å². The van der Waals surface area contributed by atoms with Crippen LogP contribution < -0.4 is 36.1 Å². The molecule has 39 heteroatoms. The molecule has 2 aromatic carbocycles. The Bertz CT molecular complexity index is 4360. The number of alkyl halides is 4. The molecule has 5 aliphatic rings. The minimum absolute atomic E-state index is 0.00356. The first kappa shape index (κ1) is 90.9. The number of likely N-dealkylation sites (N-methyl/N-ethyl adjacent to an activating group) is 3. The molecule has 5 fully saturated rings. The van der Waals surface area contributed by atoms with Gasteiger partial charge in [0.1, 0.15) is 29.6 Å². The van der Waals surface area contributed by atoms with E-state index in [-0.39, 0.29) is 139 Å². The molecule has 118 heavy (non-hydrogen) atoms. The summed E-state index contributed by atoms with van der Waals surface area (Å²) in [5.74, 6) is -13.5. The summed E-state index contributed by atoms with van der Waals surface area (Å²) in [6.45, 7) is -1.04. The Balaban J connectivity index is 0.727. The van der Waals surface area contributed by atoms with Gasteiger partial charge in [-0.3, -0.25) is 92.0 Å². The molecule has 0 aliphatic carbocycles. The van der Waals surface area contributed by atoms with Crippen molar-refractivity contribution >= 4 is 92.9 Å². The lowest BCUT2D eigenvalue weighted by Crippen LogP contribution is -2.59. The molecule has 5 saturated heterocycles. The Morgan fingerprint density at radius 2 is 1.03 bits per heavy atom. The molecule has 35 nitrogen and oxygen atoms in total. The molecule has 0 unspecified atom stereocenters. The van der Waals surface area contributed by atoms with E-state index in [4.69, 9.17) is 9.47 Å². The van der Waals surface area contributed by atoms with E-state index in [9.17, 15) is 101 Å². The molecule has 7 heterocycles. The Kier molecular flexibility index (Phi) is 32.7. The molecule has 0 spiro atoms. The number of hydrogen-bond donors (Lipinski definition) is 8. The van der Waals surface area contributed by atoms with Crippen molar-refractivity contribution in [1.29, 1.82) is 10.5 Å². The van der Waals surface area contributed by atoms with Crippen LogP contribution in [-0.4, -0.2) is 347 Å². The van der Waals surface area contributed by atoms with Crippen LogP contribution in [0.15, 0.2) is 60.9 Å². The summed E-state index contributed by atoms with van der Waals surface area (Å²) in [6, 6.07) is 12.0. The second-order valence-corrected chi connectivity index (χ2v) is 30.9. The van der Waals surface area contributed by atoms with Crippen LogP contribution in [0, 0.1) is 22.7 Å². The van der Waals surface area contributed by atoms with Gasteiger partial charge in [0.05, 0.1) is 106 Å². The predicted molar refractivity (Wildman–Crippen MR) is 416 cm³/mol. The number of halogens is 4. The number of ether oxygens (including phenoxy) is 2. The molecule has 0 bridgehead atoms. The van der Waals surface area contributed by atoms with Crippen LogP contribution in [0.4, 0.5) is 17.6 Å². The van der Waals surface area contributed by atoms with Crippen molar-refractivity contribution in [3.63, 3.8) is 0 Å². The molecule has 5 atom stereocenters. The van der Waals surface area contributed by atoms with Crippen molar-refractivity contribution in [3.8, 4) is 23.6 Å². The zero-order valence-corrected chi connectivity index (χ0v) is 66.5. The zero-order chi connectivity index (χ0) is 85.4. The number of nitriles is 2. The Morgan fingerprint density at radius 3 is 1.49 bits per heavy atom. The van der Waals surface area contributed by atoms with Crippen molar-refractivity contribution in [2.75, 3.05) is 159 Å². The van der Waals surface area contributed by atoms with Crippen LogP contribution in [0.25, 0.3) is 21.8 Å². The van der Waals surface area contributed by atoms with Crippen LogP contribution in [0.1, 0.15) is 117 Å². The maximum atomic E-state index is 14.7. The molecule has 640 valence electrons. The molecule has 2 aromatic heterocycles. The van der Waals surface area contributed by atoms with Gasteiger partial charge in [-0.15, -0.1) is 0 Å². The number of amides is 9. The summed E-state index contributed by atoms with van der Waals surface area (Å²) >= 11 is 0. The minimum Gasteiger partial charge on any atom is -0.494 e. The highest BCUT2D eigenvalue weighted by molar-refractivity contribution is 6.08. The summed E-state index contributed by atoms with van der Waals surface area (Å²) in [7, 11) is 5.16. The number of carboxylic acid groups (broad SMARTS) is 3. The number of fused-ring (bicyclic) bond motifs is 2. The Labute approximate surface area is 679 Å². The number of aromatic nitrogens is 2. The van der Waals surface area contributed by atoms with Gasteiger partial charge in [0, 0.05) is 132 Å². The van der Waals surface area contributed by atoms with Crippen LogP contribution in [-0.2, 0) is 47.9 Å². The molecule has 0 radical (unpaired) electrons. The Morgan fingerprint density at radius 1 is 0.551 bits per heavy atom. The third kappa shape index (κ3) is 26.2. The van der Waals surface area contributed by atoms with Gasteiger partial charge in [-0.1, -0.05) is 12.8 Å². The predicted octanol–water partition coefficient (Wildman–Crippen LogP) is 1.84. The SMILES string of the molecule is CN(CC(=O)NCCCCOc1ccc2nccc(C(=O)NCC(=O)N3CC(F)(F)C[C@H]3C#N)c2c1)[C@@H]1CCN(C(=O)CC[C@H](NC(=O)CCCCCC2(N(C)CC(=O)O)CN(CC(=O)O)CCN(CC(=O)O)C2)C(=O)N2CC[C@@H](N(C)CC(=O)NCCCCOc3ccc4nccc(C(=O)NCC(=O)N5CC(F)(F)C[C@H]5C#N)c4c3)C2)C1. The van der Waals surface area contributed by atoms with Crippen LogP contribution in [0.5, 0.6) is 11.5 Å². The lowest BCUT2D eigenvalue weighted by atomic mass is 9.88. The minimum atomic E-state index is -3.21.